The van der Waals surface area contributed by atoms with Crippen molar-refractivity contribution in [3.8, 4) is 5.75 Å². The third kappa shape index (κ3) is 5.55. The van der Waals surface area contributed by atoms with E-state index in [0.29, 0.717) is 12.3 Å². The Morgan fingerprint density at radius 1 is 1.29 bits per heavy atom. The molecule has 0 atom stereocenters. The summed E-state index contributed by atoms with van der Waals surface area (Å²) in [6.45, 7) is 2.65. The van der Waals surface area contributed by atoms with E-state index < -0.39 is 9.05 Å². The van der Waals surface area contributed by atoms with Crippen LogP contribution in [0.5, 0.6) is 5.75 Å². The highest BCUT2D eigenvalue weighted by molar-refractivity contribution is 8.13. The molecule has 118 valence electrons. The van der Waals surface area contributed by atoms with Crippen LogP contribution < -0.4 is 10.1 Å². The van der Waals surface area contributed by atoms with Gasteiger partial charge in [0.05, 0.1) is 17.6 Å². The molecule has 0 aromatic heterocycles. The minimum atomic E-state index is -3.88. The minimum Gasteiger partial charge on any atom is -0.496 e. The quantitative estimate of drug-likeness (QED) is 0.586. The van der Waals surface area contributed by atoms with Gasteiger partial charge in [-0.15, -0.1) is 0 Å². The van der Waals surface area contributed by atoms with E-state index >= 15 is 0 Å². The van der Waals surface area contributed by atoms with E-state index in [-0.39, 0.29) is 16.4 Å². The van der Waals surface area contributed by atoms with Crippen molar-refractivity contribution in [3.63, 3.8) is 0 Å². The molecule has 0 aliphatic carbocycles. The maximum Gasteiger partial charge on any atom is 0.261 e. The maximum atomic E-state index is 12.1. The average molecular weight is 334 g/mol. The lowest BCUT2D eigenvalue weighted by molar-refractivity contribution is 0.0949. The molecule has 1 N–H and O–H groups in total. The number of hydrogen-bond donors (Lipinski definition) is 1. The van der Waals surface area contributed by atoms with E-state index in [2.05, 4.69) is 12.2 Å². The molecule has 0 bridgehead atoms. The molecule has 0 saturated heterocycles. The Morgan fingerprint density at radius 3 is 2.57 bits per heavy atom. The molecule has 0 aliphatic rings. The van der Waals surface area contributed by atoms with Crippen molar-refractivity contribution >= 4 is 25.6 Å². The van der Waals surface area contributed by atoms with Gasteiger partial charge >= 0.3 is 0 Å². The molecule has 7 heteroatoms. The smallest absolute Gasteiger partial charge is 0.261 e. The van der Waals surface area contributed by atoms with Crippen molar-refractivity contribution in [1.82, 2.24) is 5.32 Å². The lowest BCUT2D eigenvalue weighted by Gasteiger charge is -2.10. The monoisotopic (exact) mass is 333 g/mol. The number of methoxy groups -OCH3 is 1. The summed E-state index contributed by atoms with van der Waals surface area (Å²) in [4.78, 5) is 12.0. The molecular formula is C14H20ClNO4S. The number of benzene rings is 1. The second-order valence-electron chi connectivity index (χ2n) is 4.62. The predicted octanol–water partition coefficient (Wildman–Crippen LogP) is 2.93. The largest absolute Gasteiger partial charge is 0.496 e. The highest BCUT2D eigenvalue weighted by Crippen LogP contribution is 2.24. The van der Waals surface area contributed by atoms with Crippen LogP contribution in [0, 0.1) is 0 Å². The van der Waals surface area contributed by atoms with Gasteiger partial charge in [-0.3, -0.25) is 4.79 Å². The van der Waals surface area contributed by atoms with Crippen molar-refractivity contribution in [2.24, 2.45) is 0 Å². The van der Waals surface area contributed by atoms with E-state index in [4.69, 9.17) is 15.4 Å². The van der Waals surface area contributed by atoms with Crippen LogP contribution in [0.25, 0.3) is 0 Å². The molecule has 1 aromatic carbocycles. The Balaban J connectivity index is 2.82. The molecule has 1 rings (SSSR count). The van der Waals surface area contributed by atoms with Crippen LogP contribution in [0.3, 0.4) is 0 Å². The highest BCUT2D eigenvalue weighted by atomic mass is 35.7. The van der Waals surface area contributed by atoms with Gasteiger partial charge in [-0.25, -0.2) is 8.42 Å². The van der Waals surface area contributed by atoms with Crippen molar-refractivity contribution in [2.75, 3.05) is 13.7 Å². The molecule has 5 nitrogen and oxygen atoms in total. The fraction of sp³-hybridized carbons (Fsp3) is 0.500. The zero-order valence-corrected chi connectivity index (χ0v) is 13.8. The number of carbonyl (C=O) groups is 1. The van der Waals surface area contributed by atoms with Crippen molar-refractivity contribution < 1.29 is 17.9 Å². The molecule has 0 aliphatic heterocycles. The SMILES string of the molecule is CCCCCCNC(=O)c1cc(S(=O)(=O)Cl)ccc1OC. The normalized spacial score (nSPS) is 11.2. The first-order valence-corrected chi connectivity index (χ1v) is 9.12. The second kappa shape index (κ2) is 8.24. The first kappa shape index (κ1) is 17.8. The van der Waals surface area contributed by atoms with Gasteiger partial charge in [0.1, 0.15) is 5.75 Å². The number of unbranched alkanes of at least 4 members (excludes halogenated alkanes) is 3. The van der Waals surface area contributed by atoms with Crippen LogP contribution in [0.2, 0.25) is 0 Å². The maximum absolute atomic E-state index is 12.1. The highest BCUT2D eigenvalue weighted by Gasteiger charge is 2.17. The first-order chi connectivity index (χ1) is 9.90. The van der Waals surface area contributed by atoms with Crippen LogP contribution in [0.4, 0.5) is 0 Å². The number of nitrogens with one attached hydrogen (secondary N) is 1. The zero-order valence-electron chi connectivity index (χ0n) is 12.2. The molecule has 1 aromatic rings. The van der Waals surface area contributed by atoms with Gasteiger partial charge in [-0.1, -0.05) is 26.2 Å². The van der Waals surface area contributed by atoms with Gasteiger partial charge in [0, 0.05) is 17.2 Å². The van der Waals surface area contributed by atoms with Crippen LogP contribution in [-0.2, 0) is 9.05 Å². The van der Waals surface area contributed by atoms with Crippen molar-refractivity contribution in [2.45, 2.75) is 37.5 Å². The van der Waals surface area contributed by atoms with E-state index in [1.807, 2.05) is 0 Å². The summed E-state index contributed by atoms with van der Waals surface area (Å²) >= 11 is 0. The third-order valence-corrected chi connectivity index (χ3v) is 4.36. The van der Waals surface area contributed by atoms with Gasteiger partial charge in [-0.2, -0.15) is 0 Å². The summed E-state index contributed by atoms with van der Waals surface area (Å²) < 4.78 is 27.7. The summed E-state index contributed by atoms with van der Waals surface area (Å²) in [7, 11) is 2.83. The Morgan fingerprint density at radius 2 is 2.00 bits per heavy atom. The molecule has 0 fully saturated rings. The molecule has 0 radical (unpaired) electrons. The minimum absolute atomic E-state index is 0.124. The Hall–Kier alpha value is -1.27. The molecule has 1 amide bonds. The van der Waals surface area contributed by atoms with E-state index in [1.54, 1.807) is 0 Å². The summed E-state index contributed by atoms with van der Waals surface area (Å²) in [5.74, 6) is -0.0596. The summed E-state index contributed by atoms with van der Waals surface area (Å²) in [5.41, 5.74) is 0.162. The van der Waals surface area contributed by atoms with Crippen LogP contribution in [0.1, 0.15) is 43.0 Å². The second-order valence-corrected chi connectivity index (χ2v) is 7.18. The van der Waals surface area contributed by atoms with E-state index in [9.17, 15) is 13.2 Å². The summed E-state index contributed by atoms with van der Waals surface area (Å²) in [6, 6.07) is 3.95. The van der Waals surface area contributed by atoms with E-state index in [1.165, 1.54) is 25.3 Å². The van der Waals surface area contributed by atoms with Crippen LogP contribution in [-0.4, -0.2) is 28.0 Å². The third-order valence-electron chi connectivity index (χ3n) is 3.01. The van der Waals surface area contributed by atoms with Crippen LogP contribution >= 0.6 is 10.7 Å². The number of carbonyl (C=O) groups excluding carboxylic acids is 1. The topological polar surface area (TPSA) is 72.5 Å². The average Bonchev–Trinajstić information content (AvgIpc) is 2.45. The van der Waals surface area contributed by atoms with Gasteiger partial charge < -0.3 is 10.1 Å². The number of halogens is 1. The molecule has 0 saturated carbocycles. The lowest BCUT2D eigenvalue weighted by atomic mass is 10.1. The predicted molar refractivity (Wildman–Crippen MR) is 82.5 cm³/mol. The summed E-state index contributed by atoms with van der Waals surface area (Å²) in [5, 5.41) is 2.75. The van der Waals surface area contributed by atoms with Gasteiger partial charge in [-0.05, 0) is 24.6 Å². The molecule has 21 heavy (non-hydrogen) atoms. The van der Waals surface area contributed by atoms with E-state index in [0.717, 1.165) is 25.7 Å². The number of ether oxygens (including phenoxy) is 1. The van der Waals surface area contributed by atoms with Gasteiger partial charge in [0.15, 0.2) is 0 Å². The first-order valence-electron chi connectivity index (χ1n) is 6.81. The van der Waals surface area contributed by atoms with Crippen LogP contribution in [0.15, 0.2) is 23.1 Å². The molecular weight excluding hydrogens is 314 g/mol. The lowest BCUT2D eigenvalue weighted by Crippen LogP contribution is -2.25. The molecule has 0 spiro atoms. The fourth-order valence-corrected chi connectivity index (χ4v) is 2.64. The zero-order chi connectivity index (χ0) is 15.9. The number of rotatable bonds is 8. The Labute approximate surface area is 130 Å². The molecule has 0 heterocycles. The van der Waals surface area contributed by atoms with Gasteiger partial charge in [0.2, 0.25) is 0 Å². The van der Waals surface area contributed by atoms with Crippen molar-refractivity contribution in [3.05, 3.63) is 23.8 Å². The standard InChI is InChI=1S/C14H20ClNO4S/c1-3-4-5-6-9-16-14(17)12-10-11(21(15,18)19)7-8-13(12)20-2/h7-8,10H,3-6,9H2,1-2H3,(H,16,17). The Bertz CT molecular complexity index is 587. The number of hydrogen-bond acceptors (Lipinski definition) is 4. The van der Waals surface area contributed by atoms with Gasteiger partial charge in [0.25, 0.3) is 15.0 Å². The van der Waals surface area contributed by atoms with Crippen molar-refractivity contribution in [1.29, 1.82) is 0 Å². The fourth-order valence-electron chi connectivity index (χ4n) is 1.87. The number of amides is 1. The molecule has 0 unspecified atom stereocenters. The summed E-state index contributed by atoms with van der Waals surface area (Å²) in [6.07, 6.45) is 4.18. The Kier molecular flexibility index (Phi) is 6.98.